The molecule has 0 saturated carbocycles. The highest BCUT2D eigenvalue weighted by atomic mass is 35.5. The third kappa shape index (κ3) is 3.65. The van der Waals surface area contributed by atoms with Gasteiger partial charge in [0, 0.05) is 9.59 Å². The maximum atomic E-state index is 10.2. The highest BCUT2D eigenvalue weighted by Gasteiger charge is 2.12. The molecule has 0 aliphatic carbocycles. The third-order valence-electron chi connectivity index (χ3n) is 1.19. The summed E-state index contributed by atoms with van der Waals surface area (Å²) in [6.45, 7) is -0.0868. The Kier molecular flexibility index (Phi) is 3.57. The van der Waals surface area contributed by atoms with E-state index in [2.05, 4.69) is 9.51 Å². The first-order valence-electron chi connectivity index (χ1n) is 3.29. The summed E-state index contributed by atoms with van der Waals surface area (Å²) in [5.74, 6) is 0.249. The Balaban J connectivity index is 2.71. The highest BCUT2D eigenvalue weighted by molar-refractivity contribution is 7.32. The Morgan fingerprint density at radius 2 is 2.38 bits per heavy atom. The van der Waals surface area contributed by atoms with Gasteiger partial charge in [0.2, 0.25) is 0 Å². The first-order chi connectivity index (χ1) is 6.08. The van der Waals surface area contributed by atoms with Crippen LogP contribution in [-0.2, 0) is 15.7 Å². The minimum Gasteiger partial charge on any atom is -0.384 e. The fourth-order valence-electron chi connectivity index (χ4n) is 0.768. The third-order valence-corrected chi connectivity index (χ3v) is 1.75. The number of halogens is 1. The molecule has 0 amide bonds. The Labute approximate surface area is 80.4 Å². The second kappa shape index (κ2) is 4.48. The van der Waals surface area contributed by atoms with Crippen molar-refractivity contribution in [2.75, 3.05) is 5.73 Å². The van der Waals surface area contributed by atoms with Crippen molar-refractivity contribution < 1.29 is 14.0 Å². The van der Waals surface area contributed by atoms with Gasteiger partial charge >= 0.3 is 8.25 Å². The molecule has 1 unspecified atom stereocenters. The number of hydrogen-bond acceptors (Lipinski definition) is 4. The smallest absolute Gasteiger partial charge is 0.384 e. The number of anilines is 1. The van der Waals surface area contributed by atoms with Crippen LogP contribution in [0, 0.1) is 0 Å². The standard InChI is InChI=1S/C6H6ClN2O3P/c7-4-1-5(3-12-13(10)11)9-6(8)2-4/h1-2H,3H2,(H2-,8,9,10,11)/p+1. The number of pyridine rings is 1. The summed E-state index contributed by atoms with van der Waals surface area (Å²) in [6.07, 6.45) is 0. The largest absolute Gasteiger partial charge is 0.695 e. The molecular weight excluding hydrogens is 215 g/mol. The summed E-state index contributed by atoms with van der Waals surface area (Å²) in [4.78, 5) is 12.2. The lowest BCUT2D eigenvalue weighted by Gasteiger charge is -1.97. The first-order valence-corrected chi connectivity index (χ1v) is 4.80. The molecule has 1 atom stereocenters. The molecule has 1 heterocycles. The summed E-state index contributed by atoms with van der Waals surface area (Å²) in [6, 6.07) is 2.99. The molecule has 70 valence electrons. The molecule has 0 aromatic carbocycles. The summed E-state index contributed by atoms with van der Waals surface area (Å²) in [5.41, 5.74) is 5.80. The highest BCUT2D eigenvalue weighted by Crippen LogP contribution is 2.19. The molecule has 0 aliphatic heterocycles. The molecule has 0 spiro atoms. The molecule has 0 bridgehead atoms. The van der Waals surface area contributed by atoms with Gasteiger partial charge < -0.3 is 5.73 Å². The molecule has 0 radical (unpaired) electrons. The van der Waals surface area contributed by atoms with Crippen LogP contribution in [0.2, 0.25) is 5.02 Å². The maximum absolute atomic E-state index is 10.2. The number of rotatable bonds is 3. The van der Waals surface area contributed by atoms with Crippen LogP contribution in [0.3, 0.4) is 0 Å². The lowest BCUT2D eigenvalue weighted by atomic mass is 10.3. The molecule has 0 saturated heterocycles. The predicted molar refractivity (Wildman–Crippen MR) is 48.3 cm³/mol. The molecule has 7 heteroatoms. The van der Waals surface area contributed by atoms with Crippen LogP contribution < -0.4 is 5.73 Å². The zero-order valence-corrected chi connectivity index (χ0v) is 8.13. The zero-order chi connectivity index (χ0) is 9.84. The van der Waals surface area contributed by atoms with Crippen molar-refractivity contribution >= 4 is 25.7 Å². The zero-order valence-electron chi connectivity index (χ0n) is 6.48. The topological polar surface area (TPSA) is 85.4 Å². The van der Waals surface area contributed by atoms with Crippen molar-refractivity contribution in [1.82, 2.24) is 4.98 Å². The van der Waals surface area contributed by atoms with Crippen molar-refractivity contribution in [3.05, 3.63) is 22.8 Å². The number of nitrogens with two attached hydrogens (primary N) is 1. The first kappa shape index (κ1) is 10.3. The Morgan fingerprint density at radius 1 is 1.69 bits per heavy atom. The van der Waals surface area contributed by atoms with Crippen LogP contribution in [0.15, 0.2) is 12.1 Å². The fraction of sp³-hybridized carbons (Fsp3) is 0.167. The molecule has 5 nitrogen and oxygen atoms in total. The summed E-state index contributed by atoms with van der Waals surface area (Å²) < 4.78 is 14.6. The monoisotopic (exact) mass is 221 g/mol. The van der Waals surface area contributed by atoms with Gasteiger partial charge in [0.15, 0.2) is 0 Å². The normalized spacial score (nSPS) is 11.4. The Hall–Kier alpha value is -0.740. The van der Waals surface area contributed by atoms with Crippen LogP contribution in [0.4, 0.5) is 5.82 Å². The fourth-order valence-corrected chi connectivity index (χ4v) is 1.25. The number of nitrogens with zero attached hydrogens (tertiary/aromatic N) is 1. The average Bonchev–Trinajstić information content (AvgIpc) is 1.99. The molecule has 3 N–H and O–H groups in total. The van der Waals surface area contributed by atoms with E-state index in [1.165, 1.54) is 12.1 Å². The van der Waals surface area contributed by atoms with E-state index in [0.717, 1.165) is 0 Å². The van der Waals surface area contributed by atoms with E-state index >= 15 is 0 Å². The Morgan fingerprint density at radius 3 is 2.92 bits per heavy atom. The van der Waals surface area contributed by atoms with E-state index in [9.17, 15) is 4.57 Å². The molecule has 0 aliphatic rings. The minimum absolute atomic E-state index is 0.0868. The van der Waals surface area contributed by atoms with Crippen LogP contribution in [0.5, 0.6) is 0 Å². The van der Waals surface area contributed by atoms with E-state index < -0.39 is 8.25 Å². The molecule has 13 heavy (non-hydrogen) atoms. The SMILES string of the molecule is Nc1cc(Cl)cc(CO[P+](=O)O)n1. The van der Waals surface area contributed by atoms with Crippen molar-refractivity contribution in [1.29, 1.82) is 0 Å². The quantitative estimate of drug-likeness (QED) is 0.755. The maximum Gasteiger partial charge on any atom is 0.695 e. The minimum atomic E-state index is -2.62. The van der Waals surface area contributed by atoms with Gasteiger partial charge in [0.05, 0.1) is 5.69 Å². The van der Waals surface area contributed by atoms with E-state index in [4.69, 9.17) is 22.2 Å². The van der Waals surface area contributed by atoms with E-state index in [-0.39, 0.29) is 12.4 Å². The number of nitrogen functional groups attached to an aromatic ring is 1. The van der Waals surface area contributed by atoms with Gasteiger partial charge in [0.1, 0.15) is 12.4 Å². The van der Waals surface area contributed by atoms with Gasteiger partial charge in [-0.3, -0.25) is 0 Å². The van der Waals surface area contributed by atoms with Crippen molar-refractivity contribution in [2.24, 2.45) is 0 Å². The molecule has 0 fully saturated rings. The van der Waals surface area contributed by atoms with Gasteiger partial charge in [-0.1, -0.05) is 11.6 Å². The summed E-state index contributed by atoms with van der Waals surface area (Å²) >= 11 is 5.65. The molecule has 1 aromatic rings. The molecular formula is C6H7ClN2O3P+. The average molecular weight is 222 g/mol. The second-order valence-corrected chi connectivity index (χ2v) is 3.38. The van der Waals surface area contributed by atoms with E-state index in [1.54, 1.807) is 0 Å². The van der Waals surface area contributed by atoms with Gasteiger partial charge in [-0.15, -0.1) is 9.42 Å². The van der Waals surface area contributed by atoms with Gasteiger partial charge in [-0.25, -0.2) is 4.98 Å². The van der Waals surface area contributed by atoms with Crippen LogP contribution in [0.25, 0.3) is 0 Å². The second-order valence-electron chi connectivity index (χ2n) is 2.21. The summed E-state index contributed by atoms with van der Waals surface area (Å²) in [7, 11) is -2.62. The lowest BCUT2D eigenvalue weighted by molar-refractivity contribution is 0.269. The Bertz CT molecular complexity index is 313. The van der Waals surface area contributed by atoms with Gasteiger partial charge in [-0.05, 0) is 12.1 Å². The van der Waals surface area contributed by atoms with Crippen molar-refractivity contribution in [3.8, 4) is 0 Å². The lowest BCUT2D eigenvalue weighted by Crippen LogP contribution is -1.96. The van der Waals surface area contributed by atoms with Crippen LogP contribution >= 0.6 is 19.9 Å². The van der Waals surface area contributed by atoms with E-state index in [1.807, 2.05) is 0 Å². The number of aromatic nitrogens is 1. The van der Waals surface area contributed by atoms with Crippen LogP contribution in [0.1, 0.15) is 5.69 Å². The molecule has 1 aromatic heterocycles. The van der Waals surface area contributed by atoms with Crippen LogP contribution in [-0.4, -0.2) is 9.88 Å². The van der Waals surface area contributed by atoms with Crippen molar-refractivity contribution in [2.45, 2.75) is 6.61 Å². The molecule has 1 rings (SSSR count). The summed E-state index contributed by atoms with van der Waals surface area (Å²) in [5, 5.41) is 0.416. The van der Waals surface area contributed by atoms with Gasteiger partial charge in [0.25, 0.3) is 0 Å². The number of hydrogen-bond donors (Lipinski definition) is 2. The predicted octanol–water partition coefficient (Wildman–Crippen LogP) is 1.48. The van der Waals surface area contributed by atoms with Gasteiger partial charge in [-0.2, -0.15) is 0 Å². The van der Waals surface area contributed by atoms with Crippen molar-refractivity contribution in [3.63, 3.8) is 0 Å². The van der Waals surface area contributed by atoms with E-state index in [0.29, 0.717) is 10.7 Å².